The number of furan rings is 1. The highest BCUT2D eigenvalue weighted by Gasteiger charge is 2.26. The normalized spacial score (nSPS) is 12.8. The largest absolute Gasteiger partial charge is 0.448 e. The molecule has 134 valence electrons. The van der Waals surface area contributed by atoms with Crippen molar-refractivity contribution in [3.8, 4) is 0 Å². The summed E-state index contributed by atoms with van der Waals surface area (Å²) in [6.07, 6.45) is 2.77. The van der Waals surface area contributed by atoms with Crippen molar-refractivity contribution in [2.75, 3.05) is 20.6 Å². The van der Waals surface area contributed by atoms with Crippen LogP contribution in [0.1, 0.15) is 42.3 Å². The van der Waals surface area contributed by atoms with E-state index in [4.69, 9.17) is 10.2 Å². The number of hydrogen-bond acceptors (Lipinski definition) is 5. The number of sulfonamides is 1. The molecule has 0 radical (unpaired) electrons. The average Bonchev–Trinajstić information content (AvgIpc) is 2.85. The van der Waals surface area contributed by atoms with Gasteiger partial charge in [-0.25, -0.2) is 12.7 Å². The van der Waals surface area contributed by atoms with Crippen molar-refractivity contribution in [3.63, 3.8) is 0 Å². The number of carbonyl (C=O) groups is 1. The van der Waals surface area contributed by atoms with E-state index in [1.807, 2.05) is 0 Å². The molecule has 9 heteroatoms. The zero-order valence-electron chi connectivity index (χ0n) is 14.0. The van der Waals surface area contributed by atoms with Gasteiger partial charge in [0.05, 0.1) is 5.56 Å². The van der Waals surface area contributed by atoms with Gasteiger partial charge < -0.3 is 15.5 Å². The highest BCUT2D eigenvalue weighted by molar-refractivity contribution is 7.88. The smallest absolute Gasteiger partial charge is 0.275 e. The highest BCUT2D eigenvalue weighted by atomic mass is 35.5. The molecule has 0 aliphatic rings. The van der Waals surface area contributed by atoms with Gasteiger partial charge in [0.15, 0.2) is 0 Å². The minimum Gasteiger partial charge on any atom is -0.448 e. The van der Waals surface area contributed by atoms with Crippen LogP contribution in [0.2, 0.25) is 0 Å². The molecule has 1 atom stereocenters. The molecule has 3 N–H and O–H groups in total. The number of hydrogen-bond donors (Lipinski definition) is 2. The van der Waals surface area contributed by atoms with E-state index in [0.29, 0.717) is 6.54 Å². The maximum absolute atomic E-state index is 12.3. The fourth-order valence-electron chi connectivity index (χ4n) is 1.95. The molecule has 1 amide bonds. The third kappa shape index (κ3) is 5.49. The minimum atomic E-state index is -3.70. The summed E-state index contributed by atoms with van der Waals surface area (Å²) < 4.78 is 30.3. The summed E-state index contributed by atoms with van der Waals surface area (Å²) in [5.74, 6) is -0.0998. The van der Waals surface area contributed by atoms with Crippen LogP contribution in [0.4, 0.5) is 0 Å². The molecule has 7 nitrogen and oxygen atoms in total. The lowest BCUT2D eigenvalue weighted by atomic mass is 10.1. The summed E-state index contributed by atoms with van der Waals surface area (Å²) >= 11 is 0. The molecular formula is C14H26ClN3O4S. The van der Waals surface area contributed by atoms with Crippen LogP contribution in [0.15, 0.2) is 15.6 Å². The van der Waals surface area contributed by atoms with E-state index < -0.39 is 10.0 Å². The van der Waals surface area contributed by atoms with Crippen LogP contribution in [0.5, 0.6) is 0 Å². The number of amides is 1. The minimum absolute atomic E-state index is 0. The van der Waals surface area contributed by atoms with E-state index >= 15 is 0 Å². The number of nitrogens with two attached hydrogens (primary N) is 1. The number of carbonyl (C=O) groups excluding carboxylic acids is 1. The molecule has 0 saturated carbocycles. The van der Waals surface area contributed by atoms with Gasteiger partial charge in [-0.3, -0.25) is 4.79 Å². The first-order valence-electron chi connectivity index (χ1n) is 7.27. The molecule has 23 heavy (non-hydrogen) atoms. The monoisotopic (exact) mass is 367 g/mol. The standard InChI is InChI=1S/C14H25N3O4S.ClH/c1-5-6-7-11(9-15)16-14(18)12-8-13(21-10(12)2)22(19,20)17(3)4;/h8,11H,5-7,9,15H2,1-4H3,(H,16,18);1H. The molecule has 0 fully saturated rings. The Morgan fingerprint density at radius 1 is 1.43 bits per heavy atom. The molecule has 1 unspecified atom stereocenters. The van der Waals surface area contributed by atoms with Gasteiger partial charge >= 0.3 is 0 Å². The van der Waals surface area contributed by atoms with Crippen molar-refractivity contribution in [1.82, 2.24) is 9.62 Å². The predicted molar refractivity (Wildman–Crippen MR) is 91.4 cm³/mol. The van der Waals surface area contributed by atoms with Crippen LogP contribution in [0, 0.1) is 6.92 Å². The van der Waals surface area contributed by atoms with Crippen LogP contribution >= 0.6 is 12.4 Å². The molecule has 0 aromatic carbocycles. The van der Waals surface area contributed by atoms with E-state index in [1.165, 1.54) is 20.2 Å². The summed E-state index contributed by atoms with van der Waals surface area (Å²) in [6.45, 7) is 3.96. The van der Waals surface area contributed by atoms with Crippen LogP contribution in [0.25, 0.3) is 0 Å². The Kier molecular flexibility index (Phi) is 8.83. The Labute approximate surface area is 144 Å². The van der Waals surface area contributed by atoms with E-state index in [2.05, 4.69) is 12.2 Å². The van der Waals surface area contributed by atoms with Gasteiger partial charge in [-0.15, -0.1) is 12.4 Å². The first-order chi connectivity index (χ1) is 10.2. The van der Waals surface area contributed by atoms with E-state index in [-0.39, 0.29) is 40.8 Å². The molecule has 0 saturated heterocycles. The lowest BCUT2D eigenvalue weighted by Crippen LogP contribution is -2.40. The van der Waals surface area contributed by atoms with Crippen LogP contribution in [0.3, 0.4) is 0 Å². The topological polar surface area (TPSA) is 106 Å². The fraction of sp³-hybridized carbons (Fsp3) is 0.643. The van der Waals surface area contributed by atoms with Crippen molar-refractivity contribution in [3.05, 3.63) is 17.4 Å². The van der Waals surface area contributed by atoms with Gasteiger partial charge in [-0.1, -0.05) is 19.8 Å². The van der Waals surface area contributed by atoms with Crippen LogP contribution in [-0.4, -0.2) is 45.3 Å². The fourth-order valence-corrected chi connectivity index (χ4v) is 2.81. The molecule has 0 spiro atoms. The third-order valence-corrected chi connectivity index (χ3v) is 5.07. The van der Waals surface area contributed by atoms with Crippen molar-refractivity contribution in [1.29, 1.82) is 0 Å². The molecule has 1 aromatic rings. The van der Waals surface area contributed by atoms with Gasteiger partial charge in [-0.2, -0.15) is 0 Å². The zero-order chi connectivity index (χ0) is 16.9. The summed E-state index contributed by atoms with van der Waals surface area (Å²) in [7, 11) is -0.889. The van der Waals surface area contributed by atoms with Gasteiger partial charge in [0.2, 0.25) is 5.09 Å². The number of unbranched alkanes of at least 4 members (excludes halogenated alkanes) is 1. The molecule has 1 heterocycles. The van der Waals surface area contributed by atoms with E-state index in [0.717, 1.165) is 23.6 Å². The molecular weight excluding hydrogens is 342 g/mol. The summed E-state index contributed by atoms with van der Waals surface area (Å²) in [4.78, 5) is 12.3. The van der Waals surface area contributed by atoms with Crippen LogP contribution < -0.4 is 11.1 Å². The zero-order valence-corrected chi connectivity index (χ0v) is 15.6. The molecule has 1 aromatic heterocycles. The Bertz CT molecular complexity index is 614. The van der Waals surface area contributed by atoms with Crippen LogP contribution in [-0.2, 0) is 10.0 Å². The van der Waals surface area contributed by atoms with Crippen molar-refractivity contribution in [2.45, 2.75) is 44.2 Å². The first-order valence-corrected chi connectivity index (χ1v) is 8.71. The second-order valence-electron chi connectivity index (χ2n) is 5.37. The SMILES string of the molecule is CCCCC(CN)NC(=O)c1cc(S(=O)(=O)N(C)C)oc1C.Cl. The number of aryl methyl sites for hydroxylation is 1. The third-order valence-electron chi connectivity index (χ3n) is 3.40. The lowest BCUT2D eigenvalue weighted by Gasteiger charge is -2.15. The average molecular weight is 368 g/mol. The number of rotatable bonds is 8. The van der Waals surface area contributed by atoms with Crippen molar-refractivity contribution in [2.24, 2.45) is 5.73 Å². The maximum Gasteiger partial charge on any atom is 0.275 e. The van der Waals surface area contributed by atoms with Crippen molar-refractivity contribution < 1.29 is 17.6 Å². The van der Waals surface area contributed by atoms with Gasteiger partial charge in [0.25, 0.3) is 15.9 Å². The van der Waals surface area contributed by atoms with Gasteiger partial charge in [0, 0.05) is 32.7 Å². The number of nitrogens with zero attached hydrogens (tertiary/aromatic N) is 1. The Morgan fingerprint density at radius 3 is 2.52 bits per heavy atom. The highest BCUT2D eigenvalue weighted by Crippen LogP contribution is 2.21. The number of nitrogens with one attached hydrogen (secondary N) is 1. The maximum atomic E-state index is 12.3. The number of halogens is 1. The molecule has 0 bridgehead atoms. The van der Waals surface area contributed by atoms with Gasteiger partial charge in [-0.05, 0) is 13.3 Å². The lowest BCUT2D eigenvalue weighted by molar-refractivity contribution is 0.0934. The molecule has 0 aliphatic carbocycles. The summed E-state index contributed by atoms with van der Waals surface area (Å²) in [5, 5.41) is 2.58. The van der Waals surface area contributed by atoms with Crippen molar-refractivity contribution >= 4 is 28.3 Å². The molecule has 1 rings (SSSR count). The van der Waals surface area contributed by atoms with Gasteiger partial charge in [0.1, 0.15) is 5.76 Å². The Hall–Kier alpha value is -1.09. The summed E-state index contributed by atoms with van der Waals surface area (Å²) in [6, 6.07) is 1.13. The van der Waals surface area contributed by atoms with E-state index in [1.54, 1.807) is 6.92 Å². The van der Waals surface area contributed by atoms with E-state index in [9.17, 15) is 13.2 Å². The second-order valence-corrected chi connectivity index (χ2v) is 7.45. The summed E-state index contributed by atoms with van der Waals surface area (Å²) in [5.41, 5.74) is 5.87. The Morgan fingerprint density at radius 2 is 2.04 bits per heavy atom. The first kappa shape index (κ1) is 21.9. The Balaban J connectivity index is 0.00000484. The second kappa shape index (κ2) is 9.27. The quantitative estimate of drug-likeness (QED) is 0.724. The molecule has 0 aliphatic heterocycles. The predicted octanol–water partition coefficient (Wildman–Crippen LogP) is 1.51.